The van der Waals surface area contributed by atoms with Gasteiger partial charge in [0.15, 0.2) is 0 Å². The minimum absolute atomic E-state index is 0.112. The molecule has 0 fully saturated rings. The van der Waals surface area contributed by atoms with Crippen molar-refractivity contribution in [2.45, 2.75) is 39.9 Å². The number of hydrogen-bond acceptors (Lipinski definition) is 3. The summed E-state index contributed by atoms with van der Waals surface area (Å²) in [7, 11) is 0. The molecule has 2 rings (SSSR count). The number of aromatic nitrogens is 4. The quantitative estimate of drug-likeness (QED) is 0.842. The molecular formula is C13H16BrF2N5O. The van der Waals surface area contributed by atoms with Gasteiger partial charge >= 0.3 is 0 Å². The number of carbonyl (C=O) groups excluding carboxylic acids is 1. The van der Waals surface area contributed by atoms with Crippen LogP contribution in [0.4, 0.5) is 8.78 Å². The highest BCUT2D eigenvalue weighted by Gasteiger charge is 2.21. The van der Waals surface area contributed by atoms with Crippen LogP contribution in [-0.4, -0.2) is 25.5 Å². The van der Waals surface area contributed by atoms with Crippen molar-refractivity contribution in [3.05, 3.63) is 33.8 Å². The summed E-state index contributed by atoms with van der Waals surface area (Å²) in [6.07, 6.45) is 0.830. The van der Waals surface area contributed by atoms with Gasteiger partial charge in [0.1, 0.15) is 12.2 Å². The zero-order valence-electron chi connectivity index (χ0n) is 12.2. The average molecular weight is 376 g/mol. The van der Waals surface area contributed by atoms with Gasteiger partial charge in [-0.05, 0) is 29.8 Å². The maximum absolute atomic E-state index is 12.7. The molecule has 0 aliphatic heterocycles. The molecule has 2 heterocycles. The summed E-state index contributed by atoms with van der Waals surface area (Å²) in [6, 6.07) is 0. The Morgan fingerprint density at radius 2 is 2.23 bits per heavy atom. The summed E-state index contributed by atoms with van der Waals surface area (Å²) in [5.41, 5.74) is 1.01. The topological polar surface area (TPSA) is 64.7 Å². The molecule has 0 aromatic carbocycles. The Morgan fingerprint density at radius 3 is 2.77 bits per heavy atom. The Hall–Kier alpha value is -1.77. The molecule has 2 aromatic rings. The van der Waals surface area contributed by atoms with Crippen LogP contribution in [0.3, 0.4) is 0 Å². The predicted molar refractivity (Wildman–Crippen MR) is 79.4 cm³/mol. The number of carbonyl (C=O) groups is 1. The van der Waals surface area contributed by atoms with Crippen molar-refractivity contribution in [3.8, 4) is 0 Å². The summed E-state index contributed by atoms with van der Waals surface area (Å²) in [5, 5.41) is 10.6. The Morgan fingerprint density at radius 1 is 1.50 bits per heavy atom. The molecule has 0 atom stereocenters. The summed E-state index contributed by atoms with van der Waals surface area (Å²) in [6.45, 7) is 4.57. The van der Waals surface area contributed by atoms with Gasteiger partial charge in [-0.2, -0.15) is 10.2 Å². The van der Waals surface area contributed by atoms with Crippen molar-refractivity contribution >= 4 is 21.8 Å². The molecule has 0 aliphatic rings. The van der Waals surface area contributed by atoms with Crippen LogP contribution >= 0.6 is 15.9 Å². The van der Waals surface area contributed by atoms with E-state index in [0.717, 1.165) is 12.1 Å². The van der Waals surface area contributed by atoms with Crippen LogP contribution in [0.25, 0.3) is 0 Å². The maximum atomic E-state index is 12.7. The molecule has 0 saturated heterocycles. The van der Waals surface area contributed by atoms with Crippen molar-refractivity contribution in [2.75, 3.05) is 0 Å². The lowest BCUT2D eigenvalue weighted by Gasteiger charge is -2.05. The normalized spacial score (nSPS) is 11.2. The lowest BCUT2D eigenvalue weighted by atomic mass is 10.3. The number of hydrogen-bond donors (Lipinski definition) is 1. The van der Waals surface area contributed by atoms with Crippen LogP contribution in [0.15, 0.2) is 16.9 Å². The standard InChI is InChI=1S/C13H16BrF2N5O/c1-3-20-6-9(5-18-20)4-17-10(22)7-21-8(2)11(14)12(19-21)13(15)16/h5-6,13H,3-4,7H2,1-2H3,(H,17,22). The molecule has 2 aromatic heterocycles. The van der Waals surface area contributed by atoms with E-state index in [0.29, 0.717) is 12.2 Å². The van der Waals surface area contributed by atoms with Crippen LogP contribution < -0.4 is 5.32 Å². The fourth-order valence-corrected chi connectivity index (χ4v) is 2.36. The highest BCUT2D eigenvalue weighted by atomic mass is 79.9. The predicted octanol–water partition coefficient (Wildman–Crippen LogP) is 2.42. The molecule has 0 unspecified atom stereocenters. The molecule has 0 radical (unpaired) electrons. The van der Waals surface area contributed by atoms with Gasteiger partial charge in [-0.3, -0.25) is 14.2 Å². The van der Waals surface area contributed by atoms with Gasteiger partial charge in [-0.1, -0.05) is 0 Å². The van der Waals surface area contributed by atoms with Gasteiger partial charge in [0, 0.05) is 24.8 Å². The first-order valence-electron chi connectivity index (χ1n) is 6.71. The summed E-state index contributed by atoms with van der Waals surface area (Å²) >= 11 is 3.07. The van der Waals surface area contributed by atoms with Crippen LogP contribution in [0.5, 0.6) is 0 Å². The fraction of sp³-hybridized carbons (Fsp3) is 0.462. The first-order chi connectivity index (χ1) is 10.4. The van der Waals surface area contributed by atoms with E-state index in [1.54, 1.807) is 17.8 Å². The molecule has 0 aliphatic carbocycles. The van der Waals surface area contributed by atoms with E-state index < -0.39 is 6.43 Å². The Labute approximate surface area is 134 Å². The third-order valence-electron chi connectivity index (χ3n) is 3.16. The first kappa shape index (κ1) is 16.6. The van der Waals surface area contributed by atoms with Crippen LogP contribution in [-0.2, 0) is 24.4 Å². The lowest BCUT2D eigenvalue weighted by Crippen LogP contribution is -2.27. The second-order valence-electron chi connectivity index (χ2n) is 4.72. The number of rotatable bonds is 6. The third-order valence-corrected chi connectivity index (χ3v) is 4.14. The van der Waals surface area contributed by atoms with Crippen molar-refractivity contribution in [1.82, 2.24) is 24.9 Å². The molecule has 9 heteroatoms. The Bertz CT molecular complexity index is 667. The monoisotopic (exact) mass is 375 g/mol. The Balaban J connectivity index is 1.96. The molecule has 22 heavy (non-hydrogen) atoms. The van der Waals surface area contributed by atoms with E-state index in [2.05, 4.69) is 31.4 Å². The lowest BCUT2D eigenvalue weighted by molar-refractivity contribution is -0.122. The van der Waals surface area contributed by atoms with E-state index >= 15 is 0 Å². The van der Waals surface area contributed by atoms with Gasteiger partial charge in [0.2, 0.25) is 5.91 Å². The molecule has 1 amide bonds. The number of nitrogens with zero attached hydrogens (tertiary/aromatic N) is 4. The van der Waals surface area contributed by atoms with E-state index in [9.17, 15) is 13.6 Å². The van der Waals surface area contributed by atoms with Crippen molar-refractivity contribution < 1.29 is 13.6 Å². The smallest absolute Gasteiger partial charge is 0.283 e. The van der Waals surface area contributed by atoms with Gasteiger partial charge in [0.05, 0.1) is 16.4 Å². The molecule has 0 saturated carbocycles. The van der Waals surface area contributed by atoms with Crippen molar-refractivity contribution in [3.63, 3.8) is 0 Å². The number of halogens is 3. The van der Waals surface area contributed by atoms with Crippen molar-refractivity contribution in [2.24, 2.45) is 0 Å². The van der Waals surface area contributed by atoms with Gasteiger partial charge < -0.3 is 5.32 Å². The molecule has 6 nitrogen and oxygen atoms in total. The van der Waals surface area contributed by atoms with Gasteiger partial charge in [-0.15, -0.1) is 0 Å². The van der Waals surface area contributed by atoms with Gasteiger partial charge in [0.25, 0.3) is 6.43 Å². The number of nitrogens with one attached hydrogen (secondary N) is 1. The number of amides is 1. The average Bonchev–Trinajstić information content (AvgIpc) is 3.05. The second kappa shape index (κ2) is 6.99. The van der Waals surface area contributed by atoms with Crippen molar-refractivity contribution in [1.29, 1.82) is 0 Å². The minimum atomic E-state index is -2.68. The largest absolute Gasteiger partial charge is 0.350 e. The van der Waals surface area contributed by atoms with Crippen LogP contribution in [0, 0.1) is 6.92 Å². The molecule has 0 spiro atoms. The van der Waals surface area contributed by atoms with E-state index in [1.165, 1.54) is 4.68 Å². The minimum Gasteiger partial charge on any atom is -0.350 e. The second-order valence-corrected chi connectivity index (χ2v) is 5.52. The zero-order valence-corrected chi connectivity index (χ0v) is 13.8. The van der Waals surface area contributed by atoms with Crippen LogP contribution in [0.2, 0.25) is 0 Å². The van der Waals surface area contributed by atoms with E-state index in [1.807, 2.05) is 13.1 Å². The number of aryl methyl sites for hydroxylation is 1. The Kier molecular flexibility index (Phi) is 5.28. The summed E-state index contributed by atoms with van der Waals surface area (Å²) in [5.74, 6) is -0.303. The molecule has 0 bridgehead atoms. The summed E-state index contributed by atoms with van der Waals surface area (Å²) < 4.78 is 28.7. The maximum Gasteiger partial charge on any atom is 0.283 e. The number of alkyl halides is 2. The van der Waals surface area contributed by atoms with E-state index in [-0.39, 0.29) is 22.6 Å². The highest BCUT2D eigenvalue weighted by molar-refractivity contribution is 9.10. The van der Waals surface area contributed by atoms with E-state index in [4.69, 9.17) is 0 Å². The molecule has 1 N–H and O–H groups in total. The van der Waals surface area contributed by atoms with Crippen LogP contribution in [0.1, 0.15) is 30.3 Å². The summed E-state index contributed by atoms with van der Waals surface area (Å²) in [4.78, 5) is 11.9. The highest BCUT2D eigenvalue weighted by Crippen LogP contribution is 2.28. The SMILES string of the molecule is CCn1cc(CNC(=O)Cn2nc(C(F)F)c(Br)c2C)cn1. The third kappa shape index (κ3) is 3.70. The fourth-order valence-electron chi connectivity index (χ4n) is 1.90. The molecular weight excluding hydrogens is 360 g/mol. The molecule has 120 valence electrons. The first-order valence-corrected chi connectivity index (χ1v) is 7.50. The zero-order chi connectivity index (χ0) is 16.3. The van der Waals surface area contributed by atoms with Gasteiger partial charge in [-0.25, -0.2) is 8.78 Å².